The molecule has 1 aromatic carbocycles. The summed E-state index contributed by atoms with van der Waals surface area (Å²) in [6.07, 6.45) is 3.88. The van der Waals surface area contributed by atoms with Crippen molar-refractivity contribution in [2.75, 3.05) is 10.5 Å². The zero-order valence-electron chi connectivity index (χ0n) is 14.5. The molecule has 0 spiro atoms. The second kappa shape index (κ2) is 7.03. The molecule has 142 valence electrons. The van der Waals surface area contributed by atoms with Crippen LogP contribution in [0.5, 0.6) is 0 Å². The fourth-order valence-electron chi connectivity index (χ4n) is 2.67. The van der Waals surface area contributed by atoms with Gasteiger partial charge in [-0.3, -0.25) is 9.52 Å². The lowest BCUT2D eigenvalue weighted by Gasteiger charge is -2.13. The van der Waals surface area contributed by atoms with E-state index in [2.05, 4.69) is 19.7 Å². The molecule has 0 unspecified atom stereocenters. The molecule has 27 heavy (non-hydrogen) atoms. The van der Waals surface area contributed by atoms with Gasteiger partial charge in [0, 0.05) is 17.8 Å². The summed E-state index contributed by atoms with van der Waals surface area (Å²) in [5.41, 5.74) is -1.03. The number of anilines is 1. The number of fused-ring (bicyclic) bond motifs is 1. The average Bonchev–Trinajstić information content (AvgIpc) is 3.00. The first-order valence-corrected chi connectivity index (χ1v) is 9.65. The van der Waals surface area contributed by atoms with Crippen molar-refractivity contribution < 1.29 is 22.0 Å². The highest BCUT2D eigenvalue weighted by Gasteiger charge is 2.26. The van der Waals surface area contributed by atoms with Gasteiger partial charge in [-0.25, -0.2) is 27.2 Å². The van der Waals surface area contributed by atoms with Crippen molar-refractivity contribution in [1.29, 1.82) is 0 Å². The number of nitrogens with zero attached hydrogens (tertiary/aromatic N) is 2. The third-order valence-corrected chi connectivity index (χ3v) is 5.37. The van der Waals surface area contributed by atoms with Crippen molar-refractivity contribution in [2.45, 2.75) is 13.8 Å². The number of halogens is 2. The van der Waals surface area contributed by atoms with Crippen molar-refractivity contribution in [1.82, 2.24) is 15.0 Å². The normalized spacial score (nSPS) is 11.9. The first-order valence-electron chi connectivity index (χ1n) is 8.00. The van der Waals surface area contributed by atoms with Gasteiger partial charge < -0.3 is 4.98 Å². The van der Waals surface area contributed by atoms with E-state index in [0.717, 1.165) is 12.1 Å². The molecule has 3 aromatic rings. The van der Waals surface area contributed by atoms with E-state index in [0.29, 0.717) is 11.0 Å². The van der Waals surface area contributed by atoms with Crippen molar-refractivity contribution >= 4 is 32.5 Å². The van der Waals surface area contributed by atoms with Crippen LogP contribution in [0, 0.1) is 17.6 Å². The Morgan fingerprint density at radius 2 is 2.04 bits per heavy atom. The molecule has 2 heterocycles. The van der Waals surface area contributed by atoms with Gasteiger partial charge in [-0.1, -0.05) is 13.8 Å². The lowest BCUT2D eigenvalue weighted by atomic mass is 10.0. The number of sulfonamides is 1. The molecule has 10 heteroatoms. The van der Waals surface area contributed by atoms with Crippen LogP contribution in [0.3, 0.4) is 0 Å². The van der Waals surface area contributed by atoms with E-state index in [1.807, 2.05) is 0 Å². The first kappa shape index (κ1) is 18.9. The Morgan fingerprint density at radius 3 is 2.74 bits per heavy atom. The fraction of sp³-hybridized carbons (Fsp3) is 0.235. The minimum atomic E-state index is -3.85. The molecule has 7 nitrogen and oxygen atoms in total. The molecule has 0 bridgehead atoms. The van der Waals surface area contributed by atoms with Gasteiger partial charge in [0.05, 0.1) is 22.6 Å². The second-order valence-electron chi connectivity index (χ2n) is 6.38. The SMILES string of the molecule is CC(C)CS(=O)(=O)Nc1ccc(F)c(C(=O)c2c[nH]c3ncncc23)c1F. The van der Waals surface area contributed by atoms with Gasteiger partial charge in [-0.05, 0) is 18.1 Å². The van der Waals surface area contributed by atoms with Crippen LogP contribution in [0.25, 0.3) is 11.0 Å². The van der Waals surface area contributed by atoms with Crippen molar-refractivity contribution in [2.24, 2.45) is 5.92 Å². The highest BCUT2D eigenvalue weighted by atomic mass is 32.2. The number of carbonyl (C=O) groups is 1. The van der Waals surface area contributed by atoms with Crippen LogP contribution in [0.4, 0.5) is 14.5 Å². The van der Waals surface area contributed by atoms with Gasteiger partial charge in [0.15, 0.2) is 5.82 Å². The molecule has 0 aliphatic heterocycles. The molecule has 0 amide bonds. The topological polar surface area (TPSA) is 105 Å². The van der Waals surface area contributed by atoms with E-state index in [1.54, 1.807) is 13.8 Å². The maximum Gasteiger partial charge on any atom is 0.233 e. The molecule has 0 aliphatic rings. The predicted octanol–water partition coefficient (Wildman–Crippen LogP) is 2.86. The summed E-state index contributed by atoms with van der Waals surface area (Å²) in [6, 6.07) is 1.78. The predicted molar refractivity (Wildman–Crippen MR) is 95.9 cm³/mol. The third-order valence-electron chi connectivity index (χ3n) is 3.74. The summed E-state index contributed by atoms with van der Waals surface area (Å²) < 4.78 is 55.2. The number of carbonyl (C=O) groups excluding carboxylic acids is 1. The smallest absolute Gasteiger partial charge is 0.233 e. The molecule has 3 rings (SSSR count). The van der Waals surface area contributed by atoms with E-state index in [9.17, 15) is 22.0 Å². The van der Waals surface area contributed by atoms with Gasteiger partial charge in [0.2, 0.25) is 15.8 Å². The van der Waals surface area contributed by atoms with E-state index in [4.69, 9.17) is 0 Å². The second-order valence-corrected chi connectivity index (χ2v) is 8.14. The Kier molecular flexibility index (Phi) is 4.92. The minimum Gasteiger partial charge on any atom is -0.345 e. The highest BCUT2D eigenvalue weighted by Crippen LogP contribution is 2.27. The van der Waals surface area contributed by atoms with E-state index >= 15 is 0 Å². The highest BCUT2D eigenvalue weighted by molar-refractivity contribution is 7.92. The largest absolute Gasteiger partial charge is 0.345 e. The van der Waals surface area contributed by atoms with Crippen LogP contribution in [-0.2, 0) is 10.0 Å². The summed E-state index contributed by atoms with van der Waals surface area (Å²) in [6.45, 7) is 3.38. The molecule has 0 fully saturated rings. The summed E-state index contributed by atoms with van der Waals surface area (Å²) >= 11 is 0. The van der Waals surface area contributed by atoms with Crippen molar-refractivity contribution in [3.63, 3.8) is 0 Å². The number of aromatic nitrogens is 3. The maximum absolute atomic E-state index is 14.8. The molecule has 2 N–H and O–H groups in total. The zero-order chi connectivity index (χ0) is 19.8. The molecule has 2 aromatic heterocycles. The summed E-state index contributed by atoms with van der Waals surface area (Å²) in [4.78, 5) is 23.2. The summed E-state index contributed by atoms with van der Waals surface area (Å²) in [5.74, 6) is -3.77. The average molecular weight is 394 g/mol. The van der Waals surface area contributed by atoms with Crippen LogP contribution >= 0.6 is 0 Å². The molecule has 0 saturated carbocycles. The summed E-state index contributed by atoms with van der Waals surface area (Å²) in [7, 11) is -3.85. The van der Waals surface area contributed by atoms with Crippen LogP contribution < -0.4 is 4.72 Å². The lowest BCUT2D eigenvalue weighted by Crippen LogP contribution is -2.21. The van der Waals surface area contributed by atoms with E-state index in [-0.39, 0.29) is 17.2 Å². The Balaban J connectivity index is 2.05. The monoisotopic (exact) mass is 394 g/mol. The van der Waals surface area contributed by atoms with Gasteiger partial charge in [0.25, 0.3) is 0 Å². The quantitative estimate of drug-likeness (QED) is 0.626. The van der Waals surface area contributed by atoms with Gasteiger partial charge >= 0.3 is 0 Å². The molecular weight excluding hydrogens is 378 g/mol. The fourth-order valence-corrected chi connectivity index (χ4v) is 4.12. The van der Waals surface area contributed by atoms with Crippen molar-refractivity contribution in [3.8, 4) is 0 Å². The number of hydrogen-bond acceptors (Lipinski definition) is 5. The Labute approximate surface area is 153 Å². The minimum absolute atomic E-state index is 0.0226. The molecule has 0 aliphatic carbocycles. The number of H-pyrrole nitrogens is 1. The number of rotatable bonds is 6. The Bertz CT molecular complexity index is 1130. The number of ketones is 1. The molecule has 0 saturated heterocycles. The van der Waals surface area contributed by atoms with Crippen LogP contribution in [0.1, 0.15) is 29.8 Å². The van der Waals surface area contributed by atoms with Crippen LogP contribution in [-0.4, -0.2) is 34.9 Å². The number of aromatic amines is 1. The molecule has 0 atom stereocenters. The Morgan fingerprint density at radius 1 is 1.30 bits per heavy atom. The van der Waals surface area contributed by atoms with Crippen molar-refractivity contribution in [3.05, 3.63) is 53.6 Å². The number of hydrogen-bond donors (Lipinski definition) is 2. The first-order chi connectivity index (χ1) is 12.7. The standard InChI is InChI=1S/C17H16F2N4O3S/c1-9(2)7-27(25,26)23-13-4-3-12(18)14(15(13)19)16(24)10-6-21-17-11(10)5-20-8-22-17/h3-6,8-9,23H,7H2,1-2H3,(H,20,21,22). The van der Waals surface area contributed by atoms with Gasteiger partial charge in [-0.2, -0.15) is 0 Å². The summed E-state index contributed by atoms with van der Waals surface area (Å²) in [5, 5.41) is 0.298. The molecular formula is C17H16F2N4O3S. The maximum atomic E-state index is 14.8. The zero-order valence-corrected chi connectivity index (χ0v) is 15.3. The van der Waals surface area contributed by atoms with Crippen LogP contribution in [0.2, 0.25) is 0 Å². The third kappa shape index (κ3) is 3.80. The van der Waals surface area contributed by atoms with Gasteiger partial charge in [0.1, 0.15) is 17.8 Å². The Hall–Kier alpha value is -2.88. The lowest BCUT2D eigenvalue weighted by molar-refractivity contribution is 0.103. The van der Waals surface area contributed by atoms with Crippen LogP contribution in [0.15, 0.2) is 30.9 Å². The molecule has 0 radical (unpaired) electrons. The number of nitrogens with one attached hydrogen (secondary N) is 2. The number of benzene rings is 1. The van der Waals surface area contributed by atoms with Gasteiger partial charge in [-0.15, -0.1) is 0 Å². The van der Waals surface area contributed by atoms with E-state index in [1.165, 1.54) is 18.7 Å². The van der Waals surface area contributed by atoms with E-state index < -0.39 is 38.7 Å².